The molecule has 0 radical (unpaired) electrons. The highest BCUT2D eigenvalue weighted by Gasteiger charge is 2.13. The predicted molar refractivity (Wildman–Crippen MR) is 70.8 cm³/mol. The molecule has 0 aliphatic rings. The number of aryl methyl sites for hydroxylation is 3. The van der Waals surface area contributed by atoms with Gasteiger partial charge in [0.1, 0.15) is 12.3 Å². The van der Waals surface area contributed by atoms with Crippen LogP contribution in [0.5, 0.6) is 0 Å². The van der Waals surface area contributed by atoms with E-state index in [1.165, 1.54) is 12.3 Å². The fourth-order valence-corrected chi connectivity index (χ4v) is 1.82. The molecule has 0 saturated carbocycles. The summed E-state index contributed by atoms with van der Waals surface area (Å²) in [6, 6.07) is 3.42. The van der Waals surface area contributed by atoms with Crippen molar-refractivity contribution in [2.45, 2.75) is 27.3 Å². The van der Waals surface area contributed by atoms with Gasteiger partial charge in [-0.15, -0.1) is 0 Å². The third-order valence-corrected chi connectivity index (χ3v) is 2.82. The Bertz CT molecular complexity index is 642. The molecule has 20 heavy (non-hydrogen) atoms. The first kappa shape index (κ1) is 13.9. The molecule has 0 aliphatic heterocycles. The maximum atomic E-state index is 11.7. The van der Waals surface area contributed by atoms with Gasteiger partial charge in [-0.2, -0.15) is 5.10 Å². The molecule has 2 N–H and O–H groups in total. The van der Waals surface area contributed by atoms with Gasteiger partial charge >= 0.3 is 0 Å². The number of nitrogens with one attached hydrogen (secondary N) is 2. The standard InChI is InChI=1S/C13H16N4O3/c1-8-6-9(2)17(16-8)7-12(18)14-15-13(19)11-4-5-20-10(11)3/h4-6H,7H2,1-3H3,(H,14,18)(H,15,19). The number of aromatic nitrogens is 2. The molecule has 0 bridgehead atoms. The predicted octanol–water partition coefficient (Wildman–Crippen LogP) is 0.863. The number of hydrazine groups is 1. The third-order valence-electron chi connectivity index (χ3n) is 2.82. The van der Waals surface area contributed by atoms with Crippen molar-refractivity contribution < 1.29 is 14.0 Å². The molecule has 2 aromatic heterocycles. The Hall–Kier alpha value is -2.57. The second kappa shape index (κ2) is 5.60. The molecule has 0 aliphatic carbocycles. The number of carbonyl (C=O) groups is 2. The second-order valence-corrected chi connectivity index (χ2v) is 4.48. The van der Waals surface area contributed by atoms with Crippen LogP contribution >= 0.6 is 0 Å². The van der Waals surface area contributed by atoms with Crippen LogP contribution in [0, 0.1) is 20.8 Å². The van der Waals surface area contributed by atoms with Crippen LogP contribution in [0.15, 0.2) is 22.8 Å². The summed E-state index contributed by atoms with van der Waals surface area (Å²) >= 11 is 0. The highest BCUT2D eigenvalue weighted by molar-refractivity contribution is 5.96. The number of carbonyl (C=O) groups excluding carboxylic acids is 2. The highest BCUT2D eigenvalue weighted by atomic mass is 16.3. The van der Waals surface area contributed by atoms with Crippen molar-refractivity contribution in [1.29, 1.82) is 0 Å². The molecule has 0 aromatic carbocycles. The van der Waals surface area contributed by atoms with Gasteiger partial charge in [0, 0.05) is 5.69 Å². The summed E-state index contributed by atoms with van der Waals surface area (Å²) in [6.07, 6.45) is 1.42. The maximum Gasteiger partial charge on any atom is 0.273 e. The zero-order valence-corrected chi connectivity index (χ0v) is 11.6. The van der Waals surface area contributed by atoms with Gasteiger partial charge in [0.2, 0.25) is 0 Å². The van der Waals surface area contributed by atoms with Gasteiger partial charge in [-0.1, -0.05) is 0 Å². The van der Waals surface area contributed by atoms with Crippen LogP contribution in [-0.2, 0) is 11.3 Å². The molecular formula is C13H16N4O3. The van der Waals surface area contributed by atoms with Gasteiger partial charge in [0.05, 0.1) is 17.5 Å². The minimum absolute atomic E-state index is 0.0460. The van der Waals surface area contributed by atoms with Crippen molar-refractivity contribution in [3.63, 3.8) is 0 Å². The zero-order valence-electron chi connectivity index (χ0n) is 11.6. The third kappa shape index (κ3) is 3.05. The quantitative estimate of drug-likeness (QED) is 0.814. The molecule has 0 fully saturated rings. The van der Waals surface area contributed by atoms with Gasteiger partial charge in [0.15, 0.2) is 0 Å². The summed E-state index contributed by atoms with van der Waals surface area (Å²) < 4.78 is 6.59. The van der Waals surface area contributed by atoms with E-state index in [4.69, 9.17) is 4.42 Å². The number of hydrogen-bond acceptors (Lipinski definition) is 4. The Morgan fingerprint density at radius 1 is 1.30 bits per heavy atom. The summed E-state index contributed by atoms with van der Waals surface area (Å²) in [5.41, 5.74) is 6.79. The molecule has 2 rings (SSSR count). The first-order valence-electron chi connectivity index (χ1n) is 6.11. The smallest absolute Gasteiger partial charge is 0.273 e. The number of amides is 2. The number of rotatable bonds is 3. The van der Waals surface area contributed by atoms with E-state index in [-0.39, 0.29) is 12.5 Å². The molecule has 0 atom stereocenters. The van der Waals surface area contributed by atoms with E-state index in [1.54, 1.807) is 11.6 Å². The van der Waals surface area contributed by atoms with Crippen molar-refractivity contribution in [3.05, 3.63) is 41.1 Å². The lowest BCUT2D eigenvalue weighted by Crippen LogP contribution is -2.43. The van der Waals surface area contributed by atoms with Gasteiger partial charge in [-0.3, -0.25) is 25.1 Å². The van der Waals surface area contributed by atoms with E-state index in [0.717, 1.165) is 11.4 Å². The van der Waals surface area contributed by atoms with Crippen molar-refractivity contribution in [2.75, 3.05) is 0 Å². The Kier molecular flexibility index (Phi) is 3.88. The summed E-state index contributed by atoms with van der Waals surface area (Å²) in [7, 11) is 0. The molecule has 2 aromatic rings. The summed E-state index contributed by atoms with van der Waals surface area (Å²) in [5, 5.41) is 4.17. The van der Waals surface area contributed by atoms with Crippen LogP contribution in [0.4, 0.5) is 0 Å². The average Bonchev–Trinajstić information content (AvgIpc) is 2.93. The number of hydrogen-bond donors (Lipinski definition) is 2. The van der Waals surface area contributed by atoms with Gasteiger partial charge in [-0.25, -0.2) is 0 Å². The van der Waals surface area contributed by atoms with Gasteiger partial charge < -0.3 is 4.42 Å². The monoisotopic (exact) mass is 276 g/mol. The van der Waals surface area contributed by atoms with Crippen LogP contribution in [-0.4, -0.2) is 21.6 Å². The minimum atomic E-state index is -0.419. The highest BCUT2D eigenvalue weighted by Crippen LogP contribution is 2.07. The van der Waals surface area contributed by atoms with Crippen molar-refractivity contribution in [3.8, 4) is 0 Å². The molecule has 7 nitrogen and oxygen atoms in total. The average molecular weight is 276 g/mol. The second-order valence-electron chi connectivity index (χ2n) is 4.48. The van der Waals surface area contributed by atoms with Crippen LogP contribution < -0.4 is 10.9 Å². The van der Waals surface area contributed by atoms with E-state index in [2.05, 4.69) is 16.0 Å². The lowest BCUT2D eigenvalue weighted by molar-refractivity contribution is -0.122. The van der Waals surface area contributed by atoms with Crippen molar-refractivity contribution in [2.24, 2.45) is 0 Å². The Morgan fingerprint density at radius 3 is 2.60 bits per heavy atom. The largest absolute Gasteiger partial charge is 0.469 e. The summed E-state index contributed by atoms with van der Waals surface area (Å²) in [5.74, 6) is -0.279. The van der Waals surface area contributed by atoms with Crippen LogP contribution in [0.2, 0.25) is 0 Å². The molecule has 0 unspecified atom stereocenters. The van der Waals surface area contributed by atoms with E-state index >= 15 is 0 Å². The first-order valence-corrected chi connectivity index (χ1v) is 6.11. The van der Waals surface area contributed by atoms with Gasteiger partial charge in [-0.05, 0) is 32.9 Å². The zero-order chi connectivity index (χ0) is 14.7. The molecule has 106 valence electrons. The molecule has 2 heterocycles. The molecule has 0 spiro atoms. The minimum Gasteiger partial charge on any atom is -0.469 e. The summed E-state index contributed by atoms with van der Waals surface area (Å²) in [6.45, 7) is 5.43. The van der Waals surface area contributed by atoms with Crippen LogP contribution in [0.1, 0.15) is 27.5 Å². The van der Waals surface area contributed by atoms with Crippen LogP contribution in [0.25, 0.3) is 0 Å². The normalized spacial score (nSPS) is 10.3. The van der Waals surface area contributed by atoms with E-state index in [1.807, 2.05) is 19.9 Å². The fraction of sp³-hybridized carbons (Fsp3) is 0.308. The molecule has 7 heteroatoms. The molecule has 2 amide bonds. The Balaban J connectivity index is 1.88. The number of furan rings is 1. The molecular weight excluding hydrogens is 260 g/mol. The van der Waals surface area contributed by atoms with Crippen molar-refractivity contribution >= 4 is 11.8 Å². The first-order chi connectivity index (χ1) is 9.47. The SMILES string of the molecule is Cc1cc(C)n(CC(=O)NNC(=O)c2ccoc2C)n1. The fourth-order valence-electron chi connectivity index (χ4n) is 1.82. The Morgan fingerprint density at radius 2 is 2.05 bits per heavy atom. The van der Waals surface area contributed by atoms with E-state index < -0.39 is 5.91 Å². The lowest BCUT2D eigenvalue weighted by atomic mass is 10.2. The van der Waals surface area contributed by atoms with Gasteiger partial charge in [0.25, 0.3) is 11.8 Å². The molecule has 0 saturated heterocycles. The van der Waals surface area contributed by atoms with E-state index in [0.29, 0.717) is 11.3 Å². The number of nitrogens with zero attached hydrogens (tertiary/aromatic N) is 2. The lowest BCUT2D eigenvalue weighted by Gasteiger charge is -2.07. The Labute approximate surface area is 115 Å². The topological polar surface area (TPSA) is 89.2 Å². The maximum absolute atomic E-state index is 11.7. The van der Waals surface area contributed by atoms with Crippen molar-refractivity contribution in [1.82, 2.24) is 20.6 Å². The van der Waals surface area contributed by atoms with Crippen LogP contribution in [0.3, 0.4) is 0 Å². The summed E-state index contributed by atoms with van der Waals surface area (Å²) in [4.78, 5) is 23.5. The van der Waals surface area contributed by atoms with E-state index in [9.17, 15) is 9.59 Å².